The number of carboxylic acid groups (broad SMARTS) is 1. The molecule has 0 radical (unpaired) electrons. The maximum atomic E-state index is 14.4. The Morgan fingerprint density at radius 2 is 1.63 bits per heavy atom. The van der Waals surface area contributed by atoms with Gasteiger partial charge < -0.3 is 29.3 Å². The van der Waals surface area contributed by atoms with Crippen molar-refractivity contribution in [3.05, 3.63) is 86.3 Å². The minimum atomic E-state index is -5.08. The fraction of sp³-hybridized carbons (Fsp3) is 0.457. The maximum absolute atomic E-state index is 14.4. The number of hydrogen-bond acceptors (Lipinski definition) is 10. The molecule has 24 heteroatoms. The average molecular weight is 913 g/mol. The van der Waals surface area contributed by atoms with Gasteiger partial charge in [-0.15, -0.1) is 0 Å². The number of anilines is 1. The highest BCUT2D eigenvalue weighted by Gasteiger charge is 2.39. The van der Waals surface area contributed by atoms with Crippen LogP contribution in [0, 0.1) is 11.1 Å². The monoisotopic (exact) mass is 911 g/mol. The highest BCUT2D eigenvalue weighted by Crippen LogP contribution is 2.40. The fourth-order valence-electron chi connectivity index (χ4n) is 5.50. The molecule has 59 heavy (non-hydrogen) atoms. The Kier molecular flexibility index (Phi) is 15.9. The highest BCUT2D eigenvalue weighted by atomic mass is 35.5. The Hall–Kier alpha value is -4.38. The second-order valence-electron chi connectivity index (χ2n) is 13.0. The van der Waals surface area contributed by atoms with Crippen molar-refractivity contribution in [2.24, 2.45) is 5.92 Å². The molecule has 1 saturated heterocycles. The average Bonchev–Trinajstić information content (AvgIpc) is 3.96. The van der Waals surface area contributed by atoms with Crippen LogP contribution in [0.3, 0.4) is 0 Å². The summed E-state index contributed by atoms with van der Waals surface area (Å²) in [5, 5.41) is 18.7. The van der Waals surface area contributed by atoms with Crippen LogP contribution >= 0.6 is 23.2 Å². The van der Waals surface area contributed by atoms with Crippen molar-refractivity contribution in [1.82, 2.24) is 4.90 Å². The maximum Gasteiger partial charge on any atom is 0.490 e. The highest BCUT2D eigenvalue weighted by molar-refractivity contribution is 7.92. The van der Waals surface area contributed by atoms with Gasteiger partial charge in [0, 0.05) is 38.2 Å². The minimum Gasteiger partial charge on any atom is -0.619 e. The number of aliphatic carboxylic acids is 1. The van der Waals surface area contributed by atoms with Gasteiger partial charge in [-0.05, 0) is 54.7 Å². The lowest BCUT2D eigenvalue weighted by molar-refractivity contribution is -0.605. The molecule has 2 fully saturated rings. The number of sulfonamides is 1. The SMILES string of the molecule is CS(=O)(=O)N(CCN1CCOCC1)c1ccc(C(F)(F)F)c(C(=O)O[C@@H](Cc2c(Cl)c[n+]([O-])cc2Cl)c2ccc(OC(F)F)c(OCC3CC3)c2)c1.O=C(O)C(F)(F)F. The Morgan fingerprint density at radius 3 is 2.15 bits per heavy atom. The van der Waals surface area contributed by atoms with Gasteiger partial charge in [0.1, 0.15) is 16.1 Å². The summed E-state index contributed by atoms with van der Waals surface area (Å²) in [6.07, 6.45) is -7.50. The number of morpholine rings is 1. The molecule has 0 amide bonds. The predicted molar refractivity (Wildman–Crippen MR) is 193 cm³/mol. The number of benzene rings is 2. The van der Waals surface area contributed by atoms with E-state index >= 15 is 0 Å². The van der Waals surface area contributed by atoms with E-state index in [9.17, 15) is 53.5 Å². The molecule has 1 N–H and O–H groups in total. The third-order valence-electron chi connectivity index (χ3n) is 8.61. The fourth-order valence-corrected chi connectivity index (χ4v) is 7.01. The van der Waals surface area contributed by atoms with E-state index in [0.29, 0.717) is 37.1 Å². The van der Waals surface area contributed by atoms with Crippen LogP contribution in [-0.4, -0.2) is 95.4 Å². The quantitative estimate of drug-likeness (QED) is 0.0732. The molecule has 1 aromatic heterocycles. The van der Waals surface area contributed by atoms with Gasteiger partial charge in [0.2, 0.25) is 10.0 Å². The summed E-state index contributed by atoms with van der Waals surface area (Å²) < 4.78 is 150. The molecule has 1 aliphatic carbocycles. The number of nitrogens with zero attached hydrogens (tertiary/aromatic N) is 3. The lowest BCUT2D eigenvalue weighted by Crippen LogP contribution is -2.43. The number of rotatable bonds is 15. The molecule has 2 heterocycles. The summed E-state index contributed by atoms with van der Waals surface area (Å²) in [6.45, 7) is -1.03. The van der Waals surface area contributed by atoms with Crippen LogP contribution in [0.2, 0.25) is 10.0 Å². The number of alkyl halides is 8. The van der Waals surface area contributed by atoms with Gasteiger partial charge >= 0.3 is 30.9 Å². The topological polar surface area (TPSA) is 159 Å². The van der Waals surface area contributed by atoms with Crippen molar-refractivity contribution < 1.29 is 81.9 Å². The Bertz CT molecular complexity index is 2050. The molecule has 5 rings (SSSR count). The Balaban J connectivity index is 0.00000101. The zero-order valence-electron chi connectivity index (χ0n) is 30.6. The first-order chi connectivity index (χ1) is 27.4. The molecule has 3 aromatic rings. The molecule has 0 spiro atoms. The lowest BCUT2D eigenvalue weighted by Gasteiger charge is -2.30. The second kappa shape index (κ2) is 19.8. The van der Waals surface area contributed by atoms with Crippen molar-refractivity contribution in [1.29, 1.82) is 0 Å². The Morgan fingerprint density at radius 1 is 1.02 bits per heavy atom. The first-order valence-corrected chi connectivity index (χ1v) is 19.8. The largest absolute Gasteiger partial charge is 0.619 e. The number of esters is 1. The summed E-state index contributed by atoms with van der Waals surface area (Å²) in [4.78, 5) is 24.7. The van der Waals surface area contributed by atoms with Gasteiger partial charge in [-0.2, -0.15) is 39.9 Å². The standard InChI is InChI=1S/C33H34Cl2F5N3O8S.C2HF3O2/c1-52(46,47)43(9-8-41-10-12-48-13-11-41)22-5-6-25(33(38,39)40)23(15-22)31(44)50-29(16-24-26(34)17-42(45)18-27(24)35)21-4-7-28(51-32(36)37)30(14-21)49-19-20-2-3-20;3-2(4,5)1(6)7/h4-7,14-15,17-18,20,29,32H,2-3,8-13,16,19H2,1H3;(H,6,7)/t29-;/m0./s1. The van der Waals surface area contributed by atoms with Gasteiger partial charge in [-0.1, -0.05) is 29.3 Å². The van der Waals surface area contributed by atoms with Crippen LogP contribution in [0.4, 0.5) is 40.8 Å². The van der Waals surface area contributed by atoms with Gasteiger partial charge in [0.25, 0.3) is 0 Å². The Labute approximate surface area is 341 Å². The van der Waals surface area contributed by atoms with E-state index in [-0.39, 0.29) is 64.0 Å². The second-order valence-corrected chi connectivity index (χ2v) is 15.8. The van der Waals surface area contributed by atoms with Gasteiger partial charge in [-0.25, -0.2) is 18.0 Å². The van der Waals surface area contributed by atoms with E-state index in [1.54, 1.807) is 0 Å². The third kappa shape index (κ3) is 14.1. The zero-order chi connectivity index (χ0) is 43.9. The number of pyridine rings is 1. The van der Waals surface area contributed by atoms with E-state index in [1.807, 2.05) is 4.90 Å². The predicted octanol–water partition coefficient (Wildman–Crippen LogP) is 6.91. The summed E-state index contributed by atoms with van der Waals surface area (Å²) in [5.74, 6) is -4.55. The van der Waals surface area contributed by atoms with Gasteiger partial charge in [0.15, 0.2) is 23.9 Å². The number of carboxylic acids is 1. The van der Waals surface area contributed by atoms with Crippen LogP contribution in [0.1, 0.15) is 46.0 Å². The molecular formula is C35H35Cl2F8N3O10S. The normalized spacial score (nSPS) is 15.5. The molecule has 13 nitrogen and oxygen atoms in total. The number of aromatic nitrogens is 1. The van der Waals surface area contributed by atoms with E-state index in [2.05, 4.69) is 4.74 Å². The number of carbonyl (C=O) groups is 2. The number of carbonyl (C=O) groups excluding carboxylic acids is 1. The number of ether oxygens (including phenoxy) is 4. The zero-order valence-corrected chi connectivity index (χ0v) is 32.9. The molecule has 0 unspecified atom stereocenters. The van der Waals surface area contributed by atoms with Crippen molar-refractivity contribution in [3.8, 4) is 11.5 Å². The van der Waals surface area contributed by atoms with Crippen LogP contribution in [0.5, 0.6) is 11.5 Å². The van der Waals surface area contributed by atoms with Crippen LogP contribution in [0.15, 0.2) is 48.8 Å². The van der Waals surface area contributed by atoms with E-state index < -0.39 is 64.6 Å². The van der Waals surface area contributed by atoms with Gasteiger partial charge in [-0.3, -0.25) is 9.21 Å². The summed E-state index contributed by atoms with van der Waals surface area (Å²) in [6, 6.07) is 5.95. The number of halogens is 10. The molecule has 0 bridgehead atoms. The first kappa shape index (κ1) is 47.3. The van der Waals surface area contributed by atoms with Crippen molar-refractivity contribution in [3.63, 3.8) is 0 Å². The smallest absolute Gasteiger partial charge is 0.490 e. The lowest BCUT2D eigenvalue weighted by atomic mass is 10.0. The summed E-state index contributed by atoms with van der Waals surface area (Å²) in [7, 11) is -4.05. The first-order valence-electron chi connectivity index (χ1n) is 17.2. The molecule has 1 saturated carbocycles. The molecule has 1 aliphatic heterocycles. The molecule has 1 atom stereocenters. The molecule has 2 aromatic carbocycles. The van der Waals surface area contributed by atoms with Crippen LogP contribution in [-0.2, 0) is 36.9 Å². The molecule has 2 aliphatic rings. The van der Waals surface area contributed by atoms with Crippen LogP contribution in [0.25, 0.3) is 0 Å². The minimum absolute atomic E-state index is 0.0692. The summed E-state index contributed by atoms with van der Waals surface area (Å²) >= 11 is 12.6. The van der Waals surface area contributed by atoms with E-state index in [4.69, 9.17) is 47.3 Å². The van der Waals surface area contributed by atoms with Gasteiger partial charge in [0.05, 0.1) is 42.9 Å². The molecule has 326 valence electrons. The van der Waals surface area contributed by atoms with Crippen molar-refractivity contribution in [2.75, 3.05) is 56.6 Å². The van der Waals surface area contributed by atoms with Crippen molar-refractivity contribution in [2.45, 2.75) is 44.3 Å². The van der Waals surface area contributed by atoms with E-state index in [0.717, 1.165) is 54.0 Å². The van der Waals surface area contributed by atoms with E-state index in [1.165, 1.54) is 12.1 Å². The molecular weight excluding hydrogens is 877 g/mol. The number of hydrogen-bond donors (Lipinski definition) is 1. The van der Waals surface area contributed by atoms with Crippen molar-refractivity contribution >= 4 is 50.9 Å². The van der Waals surface area contributed by atoms with Crippen LogP contribution < -0.4 is 18.5 Å². The third-order valence-corrected chi connectivity index (χ3v) is 10.5. The summed E-state index contributed by atoms with van der Waals surface area (Å²) in [5.41, 5.74) is -2.47.